The molecule has 8 heteroatoms. The van der Waals surface area contributed by atoms with Crippen LogP contribution in [0, 0.1) is 0 Å². The van der Waals surface area contributed by atoms with E-state index >= 15 is 0 Å². The van der Waals surface area contributed by atoms with E-state index in [0.717, 1.165) is 4.31 Å². The second-order valence-corrected chi connectivity index (χ2v) is 7.79. The van der Waals surface area contributed by atoms with Crippen LogP contribution >= 0.6 is 0 Å². The Balaban J connectivity index is 2.15. The molecule has 0 saturated heterocycles. The third-order valence-electron chi connectivity index (χ3n) is 3.80. The molecule has 0 atom stereocenters. The van der Waals surface area contributed by atoms with E-state index in [1.54, 1.807) is 48.5 Å². The lowest BCUT2D eigenvalue weighted by atomic mass is 10.3. The van der Waals surface area contributed by atoms with E-state index in [4.69, 9.17) is 9.47 Å². The number of nitrogens with one attached hydrogen (secondary N) is 1. The number of nitrogens with zero attached hydrogens (tertiary/aromatic N) is 1. The van der Waals surface area contributed by atoms with Crippen LogP contribution in [0.15, 0.2) is 48.5 Å². The smallest absolute Gasteiger partial charge is 0.245 e. The summed E-state index contributed by atoms with van der Waals surface area (Å²) in [5.41, 5.74) is 0.964. The Morgan fingerprint density at radius 1 is 1.00 bits per heavy atom. The number of rotatable bonds is 9. The maximum atomic E-state index is 12.5. The molecule has 0 bridgehead atoms. The fourth-order valence-corrected chi connectivity index (χ4v) is 3.46. The molecule has 0 aliphatic rings. The van der Waals surface area contributed by atoms with Crippen molar-refractivity contribution in [3.63, 3.8) is 0 Å². The van der Waals surface area contributed by atoms with Gasteiger partial charge >= 0.3 is 0 Å². The SMILES string of the molecule is CCOc1ccc(NC(=O)CN(c2ccc(OC)cc2)S(=O)(=O)CC)cc1. The fraction of sp³-hybridized carbons (Fsp3) is 0.316. The van der Waals surface area contributed by atoms with Crippen LogP contribution in [0.5, 0.6) is 11.5 Å². The van der Waals surface area contributed by atoms with Gasteiger partial charge in [-0.05, 0) is 62.4 Å². The molecule has 1 amide bonds. The molecular weight excluding hydrogens is 368 g/mol. The van der Waals surface area contributed by atoms with Crippen molar-refractivity contribution in [2.75, 3.05) is 35.6 Å². The van der Waals surface area contributed by atoms with Crippen molar-refractivity contribution >= 4 is 27.3 Å². The van der Waals surface area contributed by atoms with E-state index in [-0.39, 0.29) is 12.3 Å². The molecule has 7 nitrogen and oxygen atoms in total. The lowest BCUT2D eigenvalue weighted by molar-refractivity contribution is -0.114. The Morgan fingerprint density at radius 2 is 1.59 bits per heavy atom. The number of carbonyl (C=O) groups excluding carboxylic acids is 1. The van der Waals surface area contributed by atoms with E-state index in [9.17, 15) is 13.2 Å². The minimum absolute atomic E-state index is 0.116. The fourth-order valence-electron chi connectivity index (χ4n) is 2.39. The third kappa shape index (κ3) is 5.62. The highest BCUT2D eigenvalue weighted by atomic mass is 32.2. The number of amides is 1. The number of carbonyl (C=O) groups is 1. The molecule has 0 aliphatic carbocycles. The van der Waals surface area contributed by atoms with Crippen LogP contribution in [0.2, 0.25) is 0 Å². The summed E-state index contributed by atoms with van der Waals surface area (Å²) in [4.78, 5) is 12.4. The molecule has 0 heterocycles. The Morgan fingerprint density at radius 3 is 2.11 bits per heavy atom. The summed E-state index contributed by atoms with van der Waals surface area (Å²) in [6, 6.07) is 13.4. The van der Waals surface area contributed by atoms with Gasteiger partial charge in [-0.25, -0.2) is 8.42 Å². The van der Waals surface area contributed by atoms with E-state index in [0.29, 0.717) is 29.5 Å². The molecule has 0 unspecified atom stereocenters. The summed E-state index contributed by atoms with van der Waals surface area (Å²) in [5.74, 6) is 0.748. The average molecular weight is 392 g/mol. The number of methoxy groups -OCH3 is 1. The average Bonchev–Trinajstić information content (AvgIpc) is 2.68. The summed E-state index contributed by atoms with van der Waals surface area (Å²) in [7, 11) is -2.10. The van der Waals surface area contributed by atoms with E-state index in [1.807, 2.05) is 6.92 Å². The number of benzene rings is 2. The molecule has 0 aromatic heterocycles. The van der Waals surface area contributed by atoms with Crippen molar-refractivity contribution in [1.29, 1.82) is 0 Å². The zero-order chi connectivity index (χ0) is 19.9. The van der Waals surface area contributed by atoms with E-state index < -0.39 is 15.9 Å². The molecule has 0 radical (unpaired) electrons. The summed E-state index contributed by atoms with van der Waals surface area (Å²) in [5, 5.41) is 2.70. The number of hydrogen-bond acceptors (Lipinski definition) is 5. The molecule has 0 saturated carbocycles. The highest BCUT2D eigenvalue weighted by molar-refractivity contribution is 7.92. The predicted octanol–water partition coefficient (Wildman–Crippen LogP) is 2.89. The van der Waals surface area contributed by atoms with Gasteiger partial charge in [-0.3, -0.25) is 9.10 Å². The predicted molar refractivity (Wildman–Crippen MR) is 106 cm³/mol. The number of hydrogen-bond donors (Lipinski definition) is 1. The van der Waals surface area contributed by atoms with E-state index in [1.165, 1.54) is 14.0 Å². The molecule has 0 aliphatic heterocycles. The number of ether oxygens (including phenoxy) is 2. The highest BCUT2D eigenvalue weighted by Gasteiger charge is 2.23. The topological polar surface area (TPSA) is 84.9 Å². The number of sulfonamides is 1. The van der Waals surface area contributed by atoms with Crippen molar-refractivity contribution in [3.8, 4) is 11.5 Å². The van der Waals surface area contributed by atoms with Crippen molar-refractivity contribution in [1.82, 2.24) is 0 Å². The Kier molecular flexibility index (Phi) is 7.06. The van der Waals surface area contributed by atoms with Crippen LogP contribution in [0.1, 0.15) is 13.8 Å². The van der Waals surface area contributed by atoms with Gasteiger partial charge in [0.2, 0.25) is 15.9 Å². The monoisotopic (exact) mass is 392 g/mol. The van der Waals surface area contributed by atoms with Crippen molar-refractivity contribution in [3.05, 3.63) is 48.5 Å². The summed E-state index contributed by atoms with van der Waals surface area (Å²) < 4.78 is 36.5. The maximum absolute atomic E-state index is 12.5. The zero-order valence-electron chi connectivity index (χ0n) is 15.6. The lowest BCUT2D eigenvalue weighted by Crippen LogP contribution is -2.39. The van der Waals surface area contributed by atoms with Crippen LogP contribution in [0.4, 0.5) is 11.4 Å². The zero-order valence-corrected chi connectivity index (χ0v) is 16.5. The molecule has 2 rings (SSSR count). The minimum Gasteiger partial charge on any atom is -0.497 e. The maximum Gasteiger partial charge on any atom is 0.245 e. The molecular formula is C19H24N2O5S. The van der Waals surface area contributed by atoms with Crippen molar-refractivity contribution in [2.24, 2.45) is 0 Å². The Bertz CT molecular complexity index is 849. The normalized spacial score (nSPS) is 10.9. The van der Waals surface area contributed by atoms with E-state index in [2.05, 4.69) is 5.32 Å². The summed E-state index contributed by atoms with van der Waals surface area (Å²) >= 11 is 0. The first-order valence-electron chi connectivity index (χ1n) is 8.56. The van der Waals surface area contributed by atoms with Crippen LogP contribution < -0.4 is 19.1 Å². The lowest BCUT2D eigenvalue weighted by Gasteiger charge is -2.23. The van der Waals surface area contributed by atoms with Crippen LogP contribution in [0.25, 0.3) is 0 Å². The molecule has 2 aromatic rings. The van der Waals surface area contributed by atoms with Crippen LogP contribution in [-0.2, 0) is 14.8 Å². The highest BCUT2D eigenvalue weighted by Crippen LogP contribution is 2.22. The number of anilines is 2. The molecule has 146 valence electrons. The van der Waals surface area contributed by atoms with Gasteiger partial charge in [0, 0.05) is 5.69 Å². The van der Waals surface area contributed by atoms with Gasteiger partial charge in [-0.15, -0.1) is 0 Å². The van der Waals surface area contributed by atoms with Gasteiger partial charge in [0.1, 0.15) is 18.0 Å². The van der Waals surface area contributed by atoms with Crippen molar-refractivity contribution in [2.45, 2.75) is 13.8 Å². The van der Waals surface area contributed by atoms with Crippen LogP contribution in [-0.4, -0.2) is 40.3 Å². The molecule has 27 heavy (non-hydrogen) atoms. The second-order valence-electron chi connectivity index (χ2n) is 5.61. The molecule has 2 aromatic carbocycles. The molecule has 1 N–H and O–H groups in total. The van der Waals surface area contributed by atoms with Gasteiger partial charge in [-0.2, -0.15) is 0 Å². The van der Waals surface area contributed by atoms with Gasteiger partial charge < -0.3 is 14.8 Å². The quantitative estimate of drug-likeness (QED) is 0.709. The van der Waals surface area contributed by atoms with Gasteiger partial charge in [0.15, 0.2) is 0 Å². The summed E-state index contributed by atoms with van der Waals surface area (Å²) in [6.45, 7) is 3.65. The van der Waals surface area contributed by atoms with Crippen LogP contribution in [0.3, 0.4) is 0 Å². The minimum atomic E-state index is -3.62. The Hall–Kier alpha value is -2.74. The second kappa shape index (κ2) is 9.27. The van der Waals surface area contributed by atoms with Gasteiger partial charge in [0.25, 0.3) is 0 Å². The summed E-state index contributed by atoms with van der Waals surface area (Å²) in [6.07, 6.45) is 0. The standard InChI is InChI=1S/C19H24N2O5S/c1-4-26-18-10-6-15(7-11-18)20-19(22)14-21(27(23,24)5-2)16-8-12-17(25-3)13-9-16/h6-13H,4-5,14H2,1-3H3,(H,20,22). The molecule has 0 spiro atoms. The first-order chi connectivity index (χ1) is 12.9. The third-order valence-corrected chi connectivity index (χ3v) is 5.54. The Labute approximate surface area is 160 Å². The van der Waals surface area contributed by atoms with Gasteiger partial charge in [0.05, 0.1) is 25.2 Å². The molecule has 0 fully saturated rings. The van der Waals surface area contributed by atoms with Crippen molar-refractivity contribution < 1.29 is 22.7 Å². The largest absolute Gasteiger partial charge is 0.497 e. The van der Waals surface area contributed by atoms with Gasteiger partial charge in [-0.1, -0.05) is 0 Å². The first kappa shape index (κ1) is 20.6. The first-order valence-corrected chi connectivity index (χ1v) is 10.2.